The minimum Gasteiger partial charge on any atom is -0.496 e. The van der Waals surface area contributed by atoms with Crippen LogP contribution in [0, 0.1) is 0 Å². The first-order chi connectivity index (χ1) is 9.22. The van der Waals surface area contributed by atoms with Crippen molar-refractivity contribution in [1.82, 2.24) is 0 Å². The Morgan fingerprint density at radius 2 is 2.37 bits per heavy atom. The van der Waals surface area contributed by atoms with Crippen LogP contribution in [0.4, 0.5) is 5.69 Å². The normalized spacial score (nSPS) is 18.3. The Morgan fingerprint density at radius 1 is 1.53 bits per heavy atom. The molecule has 1 unspecified atom stereocenters. The number of carbonyl (C=O) groups is 1. The Bertz CT molecular complexity index is 441. The van der Waals surface area contributed by atoms with Crippen molar-refractivity contribution >= 4 is 11.7 Å². The number of carbonyl (C=O) groups excluding carboxylic acids is 1. The summed E-state index contributed by atoms with van der Waals surface area (Å²) in [4.78, 5) is 12.0. The Balaban J connectivity index is 1.92. The van der Waals surface area contributed by atoms with Crippen molar-refractivity contribution in [1.29, 1.82) is 0 Å². The quantitative estimate of drug-likeness (QED) is 0.651. The summed E-state index contributed by atoms with van der Waals surface area (Å²) in [5.74, 6) is -0.0185. The maximum Gasteiger partial charge on any atom is 0.344 e. The molecule has 1 heterocycles. The molecule has 1 fully saturated rings. The summed E-state index contributed by atoms with van der Waals surface area (Å²) in [6.07, 6.45) is 3.05. The molecule has 5 nitrogen and oxygen atoms in total. The molecule has 2 rings (SSSR count). The number of esters is 1. The van der Waals surface area contributed by atoms with Crippen LogP contribution in [0.5, 0.6) is 5.75 Å². The lowest BCUT2D eigenvalue weighted by Crippen LogP contribution is -2.14. The van der Waals surface area contributed by atoms with E-state index in [1.54, 1.807) is 18.2 Å². The van der Waals surface area contributed by atoms with Crippen molar-refractivity contribution in [2.45, 2.75) is 25.4 Å². The van der Waals surface area contributed by atoms with Gasteiger partial charge in [0.05, 0.1) is 19.8 Å². The number of hydrogen-bond donors (Lipinski definition) is 1. The van der Waals surface area contributed by atoms with Crippen molar-refractivity contribution in [3.63, 3.8) is 0 Å². The fourth-order valence-electron chi connectivity index (χ4n) is 2.16. The summed E-state index contributed by atoms with van der Waals surface area (Å²) in [5.41, 5.74) is 6.44. The first-order valence-corrected chi connectivity index (χ1v) is 6.43. The van der Waals surface area contributed by atoms with Gasteiger partial charge in [0.1, 0.15) is 11.3 Å². The van der Waals surface area contributed by atoms with Gasteiger partial charge in [0.25, 0.3) is 0 Å². The number of rotatable bonds is 5. The third-order valence-electron chi connectivity index (χ3n) is 3.18. The standard InChI is InChI=1S/C14H19NO4/c1-17-12-6-2-5-11(15)13(12)14(16)19-9-7-10-4-3-8-18-10/h2,5-6,10H,3-4,7-9,15H2,1H3. The third-order valence-corrected chi connectivity index (χ3v) is 3.18. The molecule has 0 amide bonds. The van der Waals surface area contributed by atoms with Crippen LogP contribution in [-0.2, 0) is 9.47 Å². The van der Waals surface area contributed by atoms with Gasteiger partial charge in [-0.15, -0.1) is 0 Å². The number of nitrogens with two attached hydrogens (primary N) is 1. The van der Waals surface area contributed by atoms with E-state index in [1.165, 1.54) is 7.11 Å². The molecule has 0 bridgehead atoms. The van der Waals surface area contributed by atoms with Gasteiger partial charge in [-0.2, -0.15) is 0 Å². The number of nitrogen functional groups attached to an aromatic ring is 1. The van der Waals surface area contributed by atoms with E-state index in [0.29, 0.717) is 18.0 Å². The summed E-state index contributed by atoms with van der Waals surface area (Å²) >= 11 is 0. The Labute approximate surface area is 112 Å². The monoisotopic (exact) mass is 265 g/mol. The summed E-state index contributed by atoms with van der Waals surface area (Å²) in [6, 6.07) is 5.07. The highest BCUT2D eigenvalue weighted by atomic mass is 16.5. The Hall–Kier alpha value is -1.75. The van der Waals surface area contributed by atoms with E-state index in [9.17, 15) is 4.79 Å². The fourth-order valence-corrected chi connectivity index (χ4v) is 2.16. The lowest BCUT2D eigenvalue weighted by molar-refractivity contribution is 0.0384. The second-order valence-corrected chi connectivity index (χ2v) is 4.48. The van der Waals surface area contributed by atoms with Crippen LogP contribution in [0.1, 0.15) is 29.6 Å². The van der Waals surface area contributed by atoms with Crippen LogP contribution in [0.3, 0.4) is 0 Å². The molecule has 2 N–H and O–H groups in total. The van der Waals surface area contributed by atoms with E-state index < -0.39 is 5.97 Å². The molecule has 1 aromatic carbocycles. The van der Waals surface area contributed by atoms with E-state index in [1.807, 2.05) is 0 Å². The molecule has 0 radical (unpaired) electrons. The first-order valence-electron chi connectivity index (χ1n) is 6.43. The summed E-state index contributed by atoms with van der Waals surface area (Å²) in [6.45, 7) is 1.14. The molecular formula is C14H19NO4. The average molecular weight is 265 g/mol. The number of methoxy groups -OCH3 is 1. The summed E-state index contributed by atoms with van der Waals surface area (Å²) < 4.78 is 15.8. The van der Waals surface area contributed by atoms with Gasteiger partial charge in [0.15, 0.2) is 0 Å². The average Bonchev–Trinajstić information content (AvgIpc) is 2.91. The van der Waals surface area contributed by atoms with Gasteiger partial charge in [-0.05, 0) is 25.0 Å². The molecule has 0 saturated carbocycles. The Kier molecular flexibility index (Phi) is 4.63. The molecule has 0 aliphatic carbocycles. The van der Waals surface area contributed by atoms with Gasteiger partial charge in [0, 0.05) is 18.7 Å². The molecule has 0 spiro atoms. The molecule has 1 saturated heterocycles. The lowest BCUT2D eigenvalue weighted by atomic mass is 10.1. The van der Waals surface area contributed by atoms with Crippen LogP contribution in [-0.4, -0.2) is 32.4 Å². The molecule has 1 aliphatic rings. The molecule has 1 atom stereocenters. The van der Waals surface area contributed by atoms with Gasteiger partial charge >= 0.3 is 5.97 Å². The van der Waals surface area contributed by atoms with E-state index in [4.69, 9.17) is 19.9 Å². The molecular weight excluding hydrogens is 246 g/mol. The van der Waals surface area contributed by atoms with Gasteiger partial charge in [0.2, 0.25) is 0 Å². The minimum absolute atomic E-state index is 0.211. The van der Waals surface area contributed by atoms with Crippen molar-refractivity contribution in [2.75, 3.05) is 26.1 Å². The van der Waals surface area contributed by atoms with E-state index in [0.717, 1.165) is 25.9 Å². The lowest BCUT2D eigenvalue weighted by Gasteiger charge is -2.12. The highest BCUT2D eigenvalue weighted by Crippen LogP contribution is 2.25. The SMILES string of the molecule is COc1cccc(N)c1C(=O)OCCC1CCCO1. The zero-order valence-corrected chi connectivity index (χ0v) is 11.1. The van der Waals surface area contributed by atoms with Crippen LogP contribution in [0.2, 0.25) is 0 Å². The first kappa shape index (κ1) is 13.7. The topological polar surface area (TPSA) is 70.8 Å². The smallest absolute Gasteiger partial charge is 0.344 e. The number of anilines is 1. The molecule has 1 aliphatic heterocycles. The van der Waals surface area contributed by atoms with Crippen molar-refractivity contribution in [3.05, 3.63) is 23.8 Å². The predicted molar refractivity (Wildman–Crippen MR) is 71.3 cm³/mol. The second kappa shape index (κ2) is 6.43. The van der Waals surface area contributed by atoms with Crippen LogP contribution in [0.15, 0.2) is 18.2 Å². The van der Waals surface area contributed by atoms with Crippen molar-refractivity contribution in [2.24, 2.45) is 0 Å². The van der Waals surface area contributed by atoms with E-state index in [-0.39, 0.29) is 11.7 Å². The van der Waals surface area contributed by atoms with E-state index >= 15 is 0 Å². The van der Waals surface area contributed by atoms with Crippen molar-refractivity contribution in [3.8, 4) is 5.75 Å². The van der Waals surface area contributed by atoms with Crippen LogP contribution < -0.4 is 10.5 Å². The molecule has 19 heavy (non-hydrogen) atoms. The zero-order chi connectivity index (χ0) is 13.7. The fraction of sp³-hybridized carbons (Fsp3) is 0.500. The van der Waals surface area contributed by atoms with Crippen LogP contribution in [0.25, 0.3) is 0 Å². The molecule has 5 heteroatoms. The zero-order valence-electron chi connectivity index (χ0n) is 11.1. The predicted octanol–water partition coefficient (Wildman–Crippen LogP) is 2.00. The maximum absolute atomic E-state index is 12.0. The molecule has 104 valence electrons. The highest BCUT2D eigenvalue weighted by molar-refractivity contribution is 5.98. The summed E-state index contributed by atoms with van der Waals surface area (Å²) in [5, 5.41) is 0. The maximum atomic E-state index is 12.0. The molecule has 0 aromatic heterocycles. The number of hydrogen-bond acceptors (Lipinski definition) is 5. The van der Waals surface area contributed by atoms with Gasteiger partial charge in [-0.25, -0.2) is 4.79 Å². The van der Waals surface area contributed by atoms with Gasteiger partial charge in [-0.1, -0.05) is 6.07 Å². The second-order valence-electron chi connectivity index (χ2n) is 4.48. The van der Waals surface area contributed by atoms with Crippen LogP contribution >= 0.6 is 0 Å². The third kappa shape index (κ3) is 3.38. The summed E-state index contributed by atoms with van der Waals surface area (Å²) in [7, 11) is 1.50. The van der Waals surface area contributed by atoms with E-state index in [2.05, 4.69) is 0 Å². The van der Waals surface area contributed by atoms with Crippen molar-refractivity contribution < 1.29 is 19.0 Å². The highest BCUT2D eigenvalue weighted by Gasteiger charge is 2.19. The number of benzene rings is 1. The molecule has 1 aromatic rings. The minimum atomic E-state index is -0.451. The largest absolute Gasteiger partial charge is 0.496 e. The van der Waals surface area contributed by atoms with Gasteiger partial charge < -0.3 is 19.9 Å². The number of ether oxygens (including phenoxy) is 3. The Morgan fingerprint density at radius 3 is 3.05 bits per heavy atom. The van der Waals surface area contributed by atoms with Gasteiger partial charge in [-0.3, -0.25) is 0 Å².